The van der Waals surface area contributed by atoms with Gasteiger partial charge in [0.2, 0.25) is 5.89 Å². The summed E-state index contributed by atoms with van der Waals surface area (Å²) in [6.45, 7) is 3.27. The van der Waals surface area contributed by atoms with Crippen molar-refractivity contribution in [3.8, 4) is 0 Å². The van der Waals surface area contributed by atoms with Crippen LogP contribution in [0.1, 0.15) is 17.3 Å². The fraction of sp³-hybridized carbons (Fsp3) is 0.429. The lowest BCUT2D eigenvalue weighted by Crippen LogP contribution is -2.30. The summed E-state index contributed by atoms with van der Waals surface area (Å²) < 4.78 is 10.3. The monoisotopic (exact) mass is 311 g/mol. The van der Waals surface area contributed by atoms with Gasteiger partial charge >= 0.3 is 0 Å². The number of benzene rings is 1. The molecule has 21 heavy (non-hydrogen) atoms. The van der Waals surface area contributed by atoms with E-state index in [0.717, 1.165) is 5.56 Å². The van der Waals surface area contributed by atoms with Gasteiger partial charge in [0, 0.05) is 18.5 Å². The molecule has 7 heteroatoms. The fourth-order valence-corrected chi connectivity index (χ4v) is 1.84. The number of aryl methyl sites for hydroxylation is 1. The van der Waals surface area contributed by atoms with E-state index in [4.69, 9.17) is 20.9 Å². The minimum Gasteiger partial charge on any atom is -0.389 e. The van der Waals surface area contributed by atoms with Crippen LogP contribution in [0.4, 0.5) is 0 Å². The zero-order chi connectivity index (χ0) is 15.1. The molecule has 2 rings (SSSR count). The van der Waals surface area contributed by atoms with Crippen molar-refractivity contribution in [1.29, 1.82) is 0 Å². The molecule has 0 aliphatic rings. The molecular formula is C14H18ClN3O3. The molecule has 0 saturated heterocycles. The van der Waals surface area contributed by atoms with E-state index in [1.165, 1.54) is 0 Å². The van der Waals surface area contributed by atoms with Crippen molar-refractivity contribution < 1.29 is 14.4 Å². The van der Waals surface area contributed by atoms with Crippen LogP contribution in [0.3, 0.4) is 0 Å². The smallest absolute Gasteiger partial charge is 0.223 e. The van der Waals surface area contributed by atoms with Gasteiger partial charge in [-0.1, -0.05) is 28.9 Å². The molecule has 1 atom stereocenters. The summed E-state index contributed by atoms with van der Waals surface area (Å²) in [6.07, 6.45) is -0.592. The highest BCUT2D eigenvalue weighted by atomic mass is 35.5. The Kier molecular flexibility index (Phi) is 6.13. The maximum atomic E-state index is 9.78. The molecule has 0 aliphatic heterocycles. The quantitative estimate of drug-likeness (QED) is 0.772. The van der Waals surface area contributed by atoms with Crippen molar-refractivity contribution in [2.45, 2.75) is 26.2 Å². The largest absolute Gasteiger partial charge is 0.389 e. The molecule has 1 aromatic carbocycles. The number of ether oxygens (including phenoxy) is 1. The van der Waals surface area contributed by atoms with Crippen LogP contribution < -0.4 is 5.32 Å². The summed E-state index contributed by atoms with van der Waals surface area (Å²) in [7, 11) is 0. The zero-order valence-electron chi connectivity index (χ0n) is 11.8. The Morgan fingerprint density at radius 2 is 2.14 bits per heavy atom. The number of hydrogen-bond acceptors (Lipinski definition) is 6. The third-order valence-corrected chi connectivity index (χ3v) is 2.98. The maximum Gasteiger partial charge on any atom is 0.223 e. The van der Waals surface area contributed by atoms with Gasteiger partial charge in [-0.05, 0) is 17.7 Å². The number of nitrogens with one attached hydrogen (secondary N) is 1. The van der Waals surface area contributed by atoms with E-state index in [2.05, 4.69) is 15.5 Å². The van der Waals surface area contributed by atoms with Crippen molar-refractivity contribution >= 4 is 11.6 Å². The molecule has 0 aliphatic carbocycles. The summed E-state index contributed by atoms with van der Waals surface area (Å²) in [6, 6.07) is 7.41. The molecule has 0 fully saturated rings. The fourth-order valence-electron chi connectivity index (χ4n) is 1.72. The predicted molar refractivity (Wildman–Crippen MR) is 77.9 cm³/mol. The van der Waals surface area contributed by atoms with Gasteiger partial charge in [-0.25, -0.2) is 0 Å². The van der Waals surface area contributed by atoms with E-state index >= 15 is 0 Å². The van der Waals surface area contributed by atoms with Gasteiger partial charge in [-0.15, -0.1) is 0 Å². The molecule has 0 amide bonds. The molecule has 0 saturated carbocycles. The molecular weight excluding hydrogens is 294 g/mol. The van der Waals surface area contributed by atoms with E-state index in [9.17, 15) is 5.11 Å². The first-order chi connectivity index (χ1) is 10.1. The molecule has 0 radical (unpaired) electrons. The first-order valence-corrected chi connectivity index (χ1v) is 7.01. The maximum absolute atomic E-state index is 9.78. The van der Waals surface area contributed by atoms with Crippen molar-refractivity contribution in [1.82, 2.24) is 15.5 Å². The van der Waals surface area contributed by atoms with Crippen molar-refractivity contribution in [2.75, 3.05) is 13.2 Å². The Hall–Kier alpha value is -1.47. The standard InChI is InChI=1S/C14H18ClN3O3/c1-10-17-14(18-21-10)7-16-6-13(19)9-20-8-11-2-4-12(15)5-3-11/h2-5,13,16,19H,6-9H2,1H3. The first-order valence-electron chi connectivity index (χ1n) is 6.63. The topological polar surface area (TPSA) is 80.4 Å². The lowest BCUT2D eigenvalue weighted by atomic mass is 10.2. The lowest BCUT2D eigenvalue weighted by molar-refractivity contribution is 0.0286. The van der Waals surface area contributed by atoms with Crippen LogP contribution in [0.15, 0.2) is 28.8 Å². The Balaban J connectivity index is 1.59. The second-order valence-electron chi connectivity index (χ2n) is 4.66. The third kappa shape index (κ3) is 5.81. The highest BCUT2D eigenvalue weighted by Crippen LogP contribution is 2.10. The van der Waals surface area contributed by atoms with Crippen LogP contribution in [0.5, 0.6) is 0 Å². The highest BCUT2D eigenvalue weighted by Gasteiger charge is 2.06. The van der Waals surface area contributed by atoms with Gasteiger partial charge in [-0.2, -0.15) is 4.98 Å². The number of hydrogen-bond donors (Lipinski definition) is 2. The van der Waals surface area contributed by atoms with Crippen LogP contribution in [0.25, 0.3) is 0 Å². The molecule has 6 nitrogen and oxygen atoms in total. The number of aliphatic hydroxyl groups is 1. The average molecular weight is 312 g/mol. The molecule has 2 aromatic rings. The van der Waals surface area contributed by atoms with E-state index < -0.39 is 6.10 Å². The molecule has 0 spiro atoms. The van der Waals surface area contributed by atoms with Gasteiger partial charge in [0.1, 0.15) is 0 Å². The molecule has 0 bridgehead atoms. The van der Waals surface area contributed by atoms with E-state index in [-0.39, 0.29) is 6.61 Å². The van der Waals surface area contributed by atoms with E-state index in [1.807, 2.05) is 24.3 Å². The summed E-state index contributed by atoms with van der Waals surface area (Å²) in [4.78, 5) is 4.05. The molecule has 2 N–H and O–H groups in total. The van der Waals surface area contributed by atoms with Gasteiger partial charge < -0.3 is 19.7 Å². The van der Waals surface area contributed by atoms with E-state index in [0.29, 0.717) is 36.4 Å². The summed E-state index contributed by atoms with van der Waals surface area (Å²) in [5, 5.41) is 17.3. The van der Waals surface area contributed by atoms with E-state index in [1.54, 1.807) is 6.92 Å². The van der Waals surface area contributed by atoms with Gasteiger partial charge in [0.25, 0.3) is 0 Å². The molecule has 1 heterocycles. The van der Waals surface area contributed by atoms with Crippen molar-refractivity contribution in [3.63, 3.8) is 0 Å². The normalized spacial score (nSPS) is 12.5. The Bertz CT molecular complexity index is 545. The Morgan fingerprint density at radius 1 is 1.38 bits per heavy atom. The zero-order valence-corrected chi connectivity index (χ0v) is 12.5. The summed E-state index contributed by atoms with van der Waals surface area (Å²) in [5.41, 5.74) is 1.02. The minimum atomic E-state index is -0.592. The average Bonchev–Trinajstić information content (AvgIpc) is 2.87. The van der Waals surface area contributed by atoms with Crippen molar-refractivity contribution in [3.05, 3.63) is 46.6 Å². The van der Waals surface area contributed by atoms with Gasteiger partial charge in [0.05, 0.1) is 25.9 Å². The minimum absolute atomic E-state index is 0.251. The number of nitrogens with zero attached hydrogens (tertiary/aromatic N) is 2. The van der Waals surface area contributed by atoms with Crippen molar-refractivity contribution in [2.24, 2.45) is 0 Å². The lowest BCUT2D eigenvalue weighted by Gasteiger charge is -2.11. The predicted octanol–water partition coefficient (Wildman–Crippen LogP) is 1.70. The van der Waals surface area contributed by atoms with Crippen LogP contribution in [-0.4, -0.2) is 34.5 Å². The number of rotatable bonds is 8. The van der Waals surface area contributed by atoms with Crippen LogP contribution in [0, 0.1) is 6.92 Å². The first kappa shape index (κ1) is 15.9. The summed E-state index contributed by atoms with van der Waals surface area (Å²) >= 11 is 5.80. The SMILES string of the molecule is Cc1nc(CNCC(O)COCc2ccc(Cl)cc2)no1. The third-order valence-electron chi connectivity index (χ3n) is 2.72. The number of aromatic nitrogens is 2. The van der Waals surface area contributed by atoms with Gasteiger partial charge in [-0.3, -0.25) is 0 Å². The molecule has 1 aromatic heterocycles. The van der Waals surface area contributed by atoms with Crippen LogP contribution in [-0.2, 0) is 17.9 Å². The Labute approximate surface area is 128 Å². The van der Waals surface area contributed by atoms with Gasteiger partial charge in [0.15, 0.2) is 5.82 Å². The number of aliphatic hydroxyl groups excluding tert-OH is 1. The Morgan fingerprint density at radius 3 is 2.81 bits per heavy atom. The second kappa shape index (κ2) is 8.09. The highest BCUT2D eigenvalue weighted by molar-refractivity contribution is 6.30. The number of halogens is 1. The molecule has 1 unspecified atom stereocenters. The summed E-state index contributed by atoms with van der Waals surface area (Å²) in [5.74, 6) is 1.10. The molecule has 114 valence electrons. The van der Waals surface area contributed by atoms with Crippen LogP contribution in [0.2, 0.25) is 5.02 Å². The van der Waals surface area contributed by atoms with Crippen LogP contribution >= 0.6 is 11.6 Å². The second-order valence-corrected chi connectivity index (χ2v) is 5.09.